The third kappa shape index (κ3) is 4.79. The maximum absolute atomic E-state index is 11.3. The maximum atomic E-state index is 11.3. The largest absolute Gasteiger partial charge is 0.443 e. The van der Waals surface area contributed by atoms with E-state index in [1.807, 2.05) is 0 Å². The molecule has 1 N–H and O–H groups in total. The number of carbonyl (C=O) groups is 1. The van der Waals surface area contributed by atoms with Crippen molar-refractivity contribution in [2.24, 2.45) is 0 Å². The molecule has 0 radical (unpaired) electrons. The third-order valence-electron chi connectivity index (χ3n) is 1.69. The van der Waals surface area contributed by atoms with Crippen LogP contribution in [0.15, 0.2) is 24.3 Å². The van der Waals surface area contributed by atoms with Gasteiger partial charge >= 0.3 is 6.09 Å². The Bertz CT molecular complexity index is 436. The van der Waals surface area contributed by atoms with Crippen LogP contribution >= 0.6 is 0 Å². The Morgan fingerprint density at radius 1 is 1.28 bits per heavy atom. The first-order valence-corrected chi connectivity index (χ1v) is 5.19. The van der Waals surface area contributed by atoms with Gasteiger partial charge in [0.25, 0.3) is 5.69 Å². The van der Waals surface area contributed by atoms with Crippen LogP contribution in [0.2, 0.25) is 0 Å². The SMILES string of the molecule is CC(C)(C)OOC(=O)Nc1ccc([N+](=O)[O-])cc1. The summed E-state index contributed by atoms with van der Waals surface area (Å²) in [5, 5.41) is 12.8. The Morgan fingerprint density at radius 2 is 1.83 bits per heavy atom. The molecule has 0 bridgehead atoms. The minimum atomic E-state index is -0.793. The van der Waals surface area contributed by atoms with Gasteiger partial charge in [0.15, 0.2) is 0 Å². The molecule has 0 aromatic heterocycles. The lowest BCUT2D eigenvalue weighted by Gasteiger charge is -2.16. The summed E-state index contributed by atoms with van der Waals surface area (Å²) >= 11 is 0. The summed E-state index contributed by atoms with van der Waals surface area (Å²) in [4.78, 5) is 30.5. The zero-order valence-corrected chi connectivity index (χ0v) is 10.3. The molecule has 0 aliphatic heterocycles. The molecule has 1 amide bonds. The number of carbonyl (C=O) groups excluding carboxylic acids is 1. The number of benzene rings is 1. The van der Waals surface area contributed by atoms with E-state index in [2.05, 4.69) is 10.2 Å². The first kappa shape index (κ1) is 13.9. The predicted molar refractivity (Wildman–Crippen MR) is 64.0 cm³/mol. The van der Waals surface area contributed by atoms with E-state index in [9.17, 15) is 14.9 Å². The van der Waals surface area contributed by atoms with Crippen molar-refractivity contribution in [2.45, 2.75) is 26.4 Å². The quantitative estimate of drug-likeness (QED) is 0.508. The molecular formula is C11H14N2O5. The number of amides is 1. The van der Waals surface area contributed by atoms with Crippen LogP contribution in [0.25, 0.3) is 0 Å². The number of hydrogen-bond acceptors (Lipinski definition) is 5. The number of nitrogens with one attached hydrogen (secondary N) is 1. The molecule has 0 heterocycles. The minimum absolute atomic E-state index is 0.0557. The molecular weight excluding hydrogens is 240 g/mol. The van der Waals surface area contributed by atoms with Crippen LogP contribution in [0.4, 0.5) is 16.2 Å². The van der Waals surface area contributed by atoms with Gasteiger partial charge in [-0.3, -0.25) is 20.3 Å². The average Bonchev–Trinajstić information content (AvgIpc) is 2.26. The summed E-state index contributed by atoms with van der Waals surface area (Å²) in [7, 11) is 0. The van der Waals surface area contributed by atoms with Gasteiger partial charge in [0.2, 0.25) is 0 Å². The first-order chi connectivity index (χ1) is 8.28. The molecule has 7 heteroatoms. The van der Waals surface area contributed by atoms with E-state index < -0.39 is 16.6 Å². The van der Waals surface area contributed by atoms with E-state index in [4.69, 9.17) is 4.89 Å². The highest BCUT2D eigenvalue weighted by Gasteiger charge is 2.15. The highest BCUT2D eigenvalue weighted by atomic mass is 17.2. The van der Waals surface area contributed by atoms with Crippen molar-refractivity contribution < 1.29 is 19.5 Å². The van der Waals surface area contributed by atoms with Crippen molar-refractivity contribution in [3.8, 4) is 0 Å². The van der Waals surface area contributed by atoms with Crippen LogP contribution in [0.1, 0.15) is 20.8 Å². The summed E-state index contributed by atoms with van der Waals surface area (Å²) < 4.78 is 0. The van der Waals surface area contributed by atoms with Crippen LogP contribution in [-0.4, -0.2) is 16.6 Å². The molecule has 18 heavy (non-hydrogen) atoms. The van der Waals surface area contributed by atoms with Crippen molar-refractivity contribution in [1.82, 2.24) is 0 Å². The molecule has 1 rings (SSSR count). The Hall–Kier alpha value is -2.15. The third-order valence-corrected chi connectivity index (χ3v) is 1.69. The summed E-state index contributed by atoms with van der Waals surface area (Å²) in [5.74, 6) is 0. The van der Waals surface area contributed by atoms with E-state index in [-0.39, 0.29) is 5.69 Å². The first-order valence-electron chi connectivity index (χ1n) is 5.19. The average molecular weight is 254 g/mol. The molecule has 0 saturated heterocycles. The molecule has 1 aromatic rings. The topological polar surface area (TPSA) is 90.7 Å². The van der Waals surface area contributed by atoms with E-state index in [1.165, 1.54) is 24.3 Å². The fourth-order valence-corrected chi connectivity index (χ4v) is 0.968. The molecule has 0 fully saturated rings. The molecule has 0 aliphatic rings. The van der Waals surface area contributed by atoms with Crippen molar-refractivity contribution in [1.29, 1.82) is 0 Å². The Kier molecular flexibility index (Phi) is 4.22. The fourth-order valence-electron chi connectivity index (χ4n) is 0.968. The van der Waals surface area contributed by atoms with Crippen LogP contribution < -0.4 is 5.32 Å². The molecule has 0 spiro atoms. The number of anilines is 1. The lowest BCUT2D eigenvalue weighted by Crippen LogP contribution is -2.24. The number of nitro groups is 1. The smallest absolute Gasteiger partial charge is 0.289 e. The van der Waals surface area contributed by atoms with Crippen molar-refractivity contribution >= 4 is 17.5 Å². The monoisotopic (exact) mass is 254 g/mol. The normalized spacial score (nSPS) is 10.8. The summed E-state index contributed by atoms with van der Waals surface area (Å²) in [5.41, 5.74) is -0.282. The Labute approximate surface area is 104 Å². The fraction of sp³-hybridized carbons (Fsp3) is 0.364. The van der Waals surface area contributed by atoms with E-state index in [0.29, 0.717) is 5.69 Å². The van der Waals surface area contributed by atoms with Gasteiger partial charge in [0.1, 0.15) is 5.60 Å². The van der Waals surface area contributed by atoms with Gasteiger partial charge in [-0.25, -0.2) is 4.79 Å². The second-order valence-corrected chi connectivity index (χ2v) is 4.50. The lowest BCUT2D eigenvalue weighted by molar-refractivity contribution is -0.384. The van der Waals surface area contributed by atoms with Gasteiger partial charge in [-0.05, 0) is 32.9 Å². The van der Waals surface area contributed by atoms with Crippen LogP contribution in [-0.2, 0) is 9.78 Å². The predicted octanol–water partition coefficient (Wildman–Crippen LogP) is 2.87. The number of nitro benzene ring substituents is 1. The van der Waals surface area contributed by atoms with Crippen molar-refractivity contribution in [3.63, 3.8) is 0 Å². The maximum Gasteiger partial charge on any atom is 0.443 e. The van der Waals surface area contributed by atoms with Crippen molar-refractivity contribution in [2.75, 3.05) is 5.32 Å². The Morgan fingerprint density at radius 3 is 2.28 bits per heavy atom. The van der Waals surface area contributed by atoms with Gasteiger partial charge in [0, 0.05) is 17.8 Å². The highest BCUT2D eigenvalue weighted by Crippen LogP contribution is 2.16. The van der Waals surface area contributed by atoms with Gasteiger partial charge in [-0.1, -0.05) is 0 Å². The van der Waals surface area contributed by atoms with E-state index in [1.54, 1.807) is 20.8 Å². The second-order valence-electron chi connectivity index (χ2n) is 4.50. The van der Waals surface area contributed by atoms with E-state index >= 15 is 0 Å². The summed E-state index contributed by atoms with van der Waals surface area (Å²) in [6.07, 6.45) is -0.793. The number of non-ortho nitro benzene ring substituents is 1. The van der Waals surface area contributed by atoms with Gasteiger partial charge in [0.05, 0.1) is 4.92 Å². The summed E-state index contributed by atoms with van der Waals surface area (Å²) in [6.45, 7) is 5.18. The van der Waals surface area contributed by atoms with Gasteiger partial charge in [-0.2, -0.15) is 4.89 Å². The number of rotatable bonds is 3. The standard InChI is InChI=1S/C11H14N2O5/c1-11(2,3)18-17-10(14)12-8-4-6-9(7-5-8)13(15)16/h4-7H,1-3H3,(H,12,14). The molecule has 1 aromatic carbocycles. The van der Waals surface area contributed by atoms with Crippen molar-refractivity contribution in [3.05, 3.63) is 34.4 Å². The van der Waals surface area contributed by atoms with Crippen LogP contribution in [0, 0.1) is 10.1 Å². The zero-order valence-electron chi connectivity index (χ0n) is 10.3. The highest BCUT2D eigenvalue weighted by molar-refractivity contribution is 5.84. The molecule has 0 aliphatic carbocycles. The van der Waals surface area contributed by atoms with Crippen LogP contribution in [0.3, 0.4) is 0 Å². The Balaban J connectivity index is 2.52. The summed E-state index contributed by atoms with van der Waals surface area (Å²) in [6, 6.07) is 5.35. The second kappa shape index (κ2) is 5.46. The van der Waals surface area contributed by atoms with Gasteiger partial charge in [-0.15, -0.1) is 0 Å². The molecule has 0 unspecified atom stereocenters. The molecule has 0 saturated carbocycles. The number of hydrogen-bond donors (Lipinski definition) is 1. The zero-order chi connectivity index (χ0) is 13.8. The molecule has 98 valence electrons. The molecule has 0 atom stereocenters. The lowest BCUT2D eigenvalue weighted by atomic mass is 10.2. The minimum Gasteiger partial charge on any atom is -0.289 e. The number of nitrogens with zero attached hydrogens (tertiary/aromatic N) is 1. The molecule has 7 nitrogen and oxygen atoms in total. The van der Waals surface area contributed by atoms with E-state index in [0.717, 1.165) is 0 Å². The van der Waals surface area contributed by atoms with Crippen LogP contribution in [0.5, 0.6) is 0 Å². The van der Waals surface area contributed by atoms with Gasteiger partial charge < -0.3 is 0 Å².